The van der Waals surface area contributed by atoms with Crippen LogP contribution in [0.1, 0.15) is 30.1 Å². The lowest BCUT2D eigenvalue weighted by atomic mass is 9.98. The number of amides is 1. The van der Waals surface area contributed by atoms with Gasteiger partial charge in [-0.2, -0.15) is 5.26 Å². The van der Waals surface area contributed by atoms with Gasteiger partial charge < -0.3 is 10.1 Å². The number of halogens is 2. The second-order valence-corrected chi connectivity index (χ2v) is 6.25. The van der Waals surface area contributed by atoms with E-state index in [9.17, 15) is 14.0 Å². The molecule has 0 heterocycles. The molecule has 0 saturated heterocycles. The minimum Gasteiger partial charge on any atom is -0.452 e. The summed E-state index contributed by atoms with van der Waals surface area (Å²) in [6.07, 6.45) is 1.76. The molecule has 0 radical (unpaired) electrons. The summed E-state index contributed by atoms with van der Waals surface area (Å²) >= 11 is 3.13. The van der Waals surface area contributed by atoms with E-state index in [2.05, 4.69) is 27.3 Å². The fourth-order valence-electron chi connectivity index (χ4n) is 2.07. The lowest BCUT2D eigenvalue weighted by Crippen LogP contribution is -2.48. The Labute approximate surface area is 135 Å². The van der Waals surface area contributed by atoms with Gasteiger partial charge in [-0.05, 0) is 43.9 Å². The summed E-state index contributed by atoms with van der Waals surface area (Å²) in [7, 11) is 0. The first kappa shape index (κ1) is 16.4. The van der Waals surface area contributed by atoms with Crippen molar-refractivity contribution in [1.29, 1.82) is 5.26 Å². The highest BCUT2D eigenvalue weighted by molar-refractivity contribution is 9.10. The first-order valence-electron chi connectivity index (χ1n) is 6.70. The second kappa shape index (κ2) is 6.44. The average Bonchev–Trinajstić information content (AvgIpc) is 3.32. The largest absolute Gasteiger partial charge is 0.452 e. The molecular weight excluding hydrogens is 355 g/mol. The fraction of sp³-hybridized carbons (Fsp3) is 0.400. The average molecular weight is 369 g/mol. The van der Waals surface area contributed by atoms with Crippen LogP contribution in [-0.4, -0.2) is 24.0 Å². The van der Waals surface area contributed by atoms with Crippen LogP contribution in [0.25, 0.3) is 0 Å². The molecule has 1 aliphatic rings. The Balaban J connectivity index is 1.92. The summed E-state index contributed by atoms with van der Waals surface area (Å²) in [6, 6.07) is 5.92. The number of rotatable bonds is 5. The van der Waals surface area contributed by atoms with Crippen LogP contribution in [0.2, 0.25) is 0 Å². The van der Waals surface area contributed by atoms with Crippen molar-refractivity contribution in [3.63, 3.8) is 0 Å². The Morgan fingerprint density at radius 2 is 2.23 bits per heavy atom. The molecule has 1 aliphatic carbocycles. The predicted molar refractivity (Wildman–Crippen MR) is 79.3 cm³/mol. The Morgan fingerprint density at radius 3 is 2.82 bits per heavy atom. The number of carbonyl (C=O) groups excluding carboxylic acids is 2. The summed E-state index contributed by atoms with van der Waals surface area (Å²) in [6.45, 7) is 1.08. The zero-order valence-electron chi connectivity index (χ0n) is 11.9. The van der Waals surface area contributed by atoms with Crippen molar-refractivity contribution < 1.29 is 18.7 Å². The topological polar surface area (TPSA) is 79.2 Å². The maximum absolute atomic E-state index is 13.5. The first-order chi connectivity index (χ1) is 10.4. The van der Waals surface area contributed by atoms with E-state index in [0.29, 0.717) is 4.47 Å². The van der Waals surface area contributed by atoms with E-state index in [1.807, 2.05) is 0 Å². The SMILES string of the molecule is C[C@](C#N)(NC(=O)COC(=O)c1cc(Br)ccc1F)C1CC1. The maximum Gasteiger partial charge on any atom is 0.341 e. The van der Waals surface area contributed by atoms with Gasteiger partial charge >= 0.3 is 5.97 Å². The Kier molecular flexibility index (Phi) is 4.81. The second-order valence-electron chi connectivity index (χ2n) is 5.34. The molecule has 2 rings (SSSR count). The molecule has 1 saturated carbocycles. The minimum atomic E-state index is -0.954. The number of nitriles is 1. The van der Waals surface area contributed by atoms with Crippen LogP contribution in [0.15, 0.2) is 22.7 Å². The molecule has 5 nitrogen and oxygen atoms in total. The normalized spacial score (nSPS) is 16.3. The molecule has 1 N–H and O–H groups in total. The zero-order valence-corrected chi connectivity index (χ0v) is 13.4. The van der Waals surface area contributed by atoms with Gasteiger partial charge in [-0.25, -0.2) is 9.18 Å². The molecule has 1 amide bonds. The summed E-state index contributed by atoms with van der Waals surface area (Å²) < 4.78 is 18.8. The molecule has 1 aromatic rings. The zero-order chi connectivity index (χ0) is 16.3. The molecule has 1 atom stereocenters. The van der Waals surface area contributed by atoms with Crippen molar-refractivity contribution in [2.24, 2.45) is 5.92 Å². The summed E-state index contributed by atoms with van der Waals surface area (Å²) in [5.41, 5.74) is -1.21. The van der Waals surface area contributed by atoms with Gasteiger partial charge in [-0.1, -0.05) is 15.9 Å². The molecule has 116 valence electrons. The highest BCUT2D eigenvalue weighted by atomic mass is 79.9. The van der Waals surface area contributed by atoms with Crippen LogP contribution in [-0.2, 0) is 9.53 Å². The van der Waals surface area contributed by atoms with E-state index < -0.39 is 29.8 Å². The number of hydrogen-bond acceptors (Lipinski definition) is 4. The van der Waals surface area contributed by atoms with Crippen LogP contribution in [0.4, 0.5) is 4.39 Å². The molecule has 0 aliphatic heterocycles. The molecule has 1 fully saturated rings. The van der Waals surface area contributed by atoms with Crippen LogP contribution in [0.3, 0.4) is 0 Å². The predicted octanol–water partition coefficient (Wildman–Crippen LogP) is 2.55. The lowest BCUT2D eigenvalue weighted by Gasteiger charge is -2.22. The van der Waals surface area contributed by atoms with E-state index in [1.165, 1.54) is 12.1 Å². The maximum atomic E-state index is 13.5. The quantitative estimate of drug-likeness (QED) is 0.810. The fourth-order valence-corrected chi connectivity index (χ4v) is 2.43. The van der Waals surface area contributed by atoms with Gasteiger partial charge in [0.25, 0.3) is 5.91 Å². The van der Waals surface area contributed by atoms with Gasteiger partial charge in [-0.15, -0.1) is 0 Å². The molecule has 1 aromatic carbocycles. The van der Waals surface area contributed by atoms with E-state index in [4.69, 9.17) is 10.00 Å². The molecule has 0 bridgehead atoms. The monoisotopic (exact) mass is 368 g/mol. The Bertz CT molecular complexity index is 655. The number of carbonyl (C=O) groups is 2. The first-order valence-corrected chi connectivity index (χ1v) is 7.49. The van der Waals surface area contributed by atoms with Crippen LogP contribution >= 0.6 is 15.9 Å². The Hall–Kier alpha value is -1.94. The number of benzene rings is 1. The summed E-state index contributed by atoms with van der Waals surface area (Å²) in [4.78, 5) is 23.6. The van der Waals surface area contributed by atoms with Crippen molar-refractivity contribution in [2.45, 2.75) is 25.3 Å². The van der Waals surface area contributed by atoms with E-state index in [1.54, 1.807) is 6.92 Å². The van der Waals surface area contributed by atoms with E-state index >= 15 is 0 Å². The van der Waals surface area contributed by atoms with Crippen LogP contribution in [0, 0.1) is 23.1 Å². The van der Waals surface area contributed by atoms with E-state index in [-0.39, 0.29) is 11.5 Å². The molecule has 22 heavy (non-hydrogen) atoms. The van der Waals surface area contributed by atoms with Crippen LogP contribution < -0.4 is 5.32 Å². The molecule has 0 aromatic heterocycles. The Morgan fingerprint density at radius 1 is 1.55 bits per heavy atom. The van der Waals surface area contributed by atoms with Crippen molar-refractivity contribution >= 4 is 27.8 Å². The highest BCUT2D eigenvalue weighted by Gasteiger charge is 2.43. The molecule has 7 heteroatoms. The third-order valence-corrected chi connectivity index (χ3v) is 4.00. The van der Waals surface area contributed by atoms with Gasteiger partial charge in [0, 0.05) is 4.47 Å². The highest BCUT2D eigenvalue weighted by Crippen LogP contribution is 2.39. The third kappa shape index (κ3) is 3.83. The number of esters is 1. The van der Waals surface area contributed by atoms with Gasteiger partial charge in [0.15, 0.2) is 6.61 Å². The minimum absolute atomic E-state index is 0.125. The van der Waals surface area contributed by atoms with Crippen molar-refractivity contribution in [2.75, 3.05) is 6.61 Å². The van der Waals surface area contributed by atoms with Crippen molar-refractivity contribution in [1.82, 2.24) is 5.32 Å². The lowest BCUT2D eigenvalue weighted by molar-refractivity contribution is -0.125. The molecule has 0 spiro atoms. The summed E-state index contributed by atoms with van der Waals surface area (Å²) in [5, 5.41) is 11.7. The van der Waals surface area contributed by atoms with Crippen molar-refractivity contribution in [3.8, 4) is 6.07 Å². The van der Waals surface area contributed by atoms with Crippen LogP contribution in [0.5, 0.6) is 0 Å². The number of nitrogens with one attached hydrogen (secondary N) is 1. The van der Waals surface area contributed by atoms with Gasteiger partial charge in [0.05, 0.1) is 11.6 Å². The van der Waals surface area contributed by atoms with Gasteiger partial charge in [-0.3, -0.25) is 4.79 Å². The number of ether oxygens (including phenoxy) is 1. The molecule has 0 unspecified atom stereocenters. The standard InChI is InChI=1S/C15H14BrFN2O3/c1-15(8-18,9-2-3-9)19-13(20)7-22-14(21)11-6-10(16)4-5-12(11)17/h4-6,9H,2-3,7H2,1H3,(H,19,20)/t15-/m1/s1. The van der Waals surface area contributed by atoms with Gasteiger partial charge in [0.1, 0.15) is 11.4 Å². The number of nitrogens with zero attached hydrogens (tertiary/aromatic N) is 1. The summed E-state index contributed by atoms with van der Waals surface area (Å²) in [5.74, 6) is -2.12. The third-order valence-electron chi connectivity index (χ3n) is 3.51. The molecular formula is C15H14BrFN2O3. The van der Waals surface area contributed by atoms with Gasteiger partial charge in [0.2, 0.25) is 0 Å². The van der Waals surface area contributed by atoms with E-state index in [0.717, 1.165) is 18.9 Å². The smallest absolute Gasteiger partial charge is 0.341 e. The number of hydrogen-bond donors (Lipinski definition) is 1. The van der Waals surface area contributed by atoms with Crippen molar-refractivity contribution in [3.05, 3.63) is 34.1 Å².